The van der Waals surface area contributed by atoms with Crippen molar-refractivity contribution < 1.29 is 4.74 Å². The fourth-order valence-corrected chi connectivity index (χ4v) is 2.01. The Balaban J connectivity index is 2.59. The first-order chi connectivity index (χ1) is 8.33. The zero-order valence-corrected chi connectivity index (χ0v) is 12.8. The summed E-state index contributed by atoms with van der Waals surface area (Å²) in [7, 11) is 1.65. The minimum absolute atomic E-state index is 0.178. The molecule has 1 atom stereocenters. The Morgan fingerprint density at radius 1 is 1.33 bits per heavy atom. The molecule has 0 saturated carbocycles. The van der Waals surface area contributed by atoms with Crippen molar-refractivity contribution >= 4 is 11.6 Å². The SMILES string of the molecule is COc1cc(C(C)CCNC(C)(C)C)ccc1Cl. The number of hydrogen-bond donors (Lipinski definition) is 1. The fourth-order valence-electron chi connectivity index (χ4n) is 1.81. The molecule has 0 fully saturated rings. The first-order valence-electron chi connectivity index (χ1n) is 6.42. The van der Waals surface area contributed by atoms with Crippen molar-refractivity contribution in [1.82, 2.24) is 5.32 Å². The van der Waals surface area contributed by atoms with Gasteiger partial charge in [0.25, 0.3) is 0 Å². The molecule has 0 heterocycles. The second-order valence-electron chi connectivity index (χ2n) is 5.76. The molecule has 0 aliphatic heterocycles. The van der Waals surface area contributed by atoms with Crippen LogP contribution in [0, 0.1) is 0 Å². The van der Waals surface area contributed by atoms with Crippen molar-refractivity contribution in [3.05, 3.63) is 28.8 Å². The third-order valence-corrected chi connectivity index (χ3v) is 3.29. The summed E-state index contributed by atoms with van der Waals surface area (Å²) >= 11 is 6.03. The highest BCUT2D eigenvalue weighted by atomic mass is 35.5. The molecule has 1 unspecified atom stereocenters. The minimum Gasteiger partial charge on any atom is -0.495 e. The first kappa shape index (κ1) is 15.3. The Morgan fingerprint density at radius 3 is 2.56 bits per heavy atom. The van der Waals surface area contributed by atoms with Crippen LogP contribution in [0.5, 0.6) is 5.75 Å². The lowest BCUT2D eigenvalue weighted by molar-refractivity contribution is 0.409. The number of ether oxygens (including phenoxy) is 1. The molecule has 1 N–H and O–H groups in total. The normalized spacial score (nSPS) is 13.4. The average Bonchev–Trinajstić information content (AvgIpc) is 2.27. The summed E-state index contributed by atoms with van der Waals surface area (Å²) < 4.78 is 5.25. The van der Waals surface area contributed by atoms with E-state index in [0.29, 0.717) is 10.9 Å². The monoisotopic (exact) mass is 269 g/mol. The van der Waals surface area contributed by atoms with Crippen molar-refractivity contribution in [3.8, 4) is 5.75 Å². The number of benzene rings is 1. The van der Waals surface area contributed by atoms with Crippen LogP contribution in [0.4, 0.5) is 0 Å². The van der Waals surface area contributed by atoms with E-state index in [0.717, 1.165) is 18.7 Å². The van der Waals surface area contributed by atoms with Crippen molar-refractivity contribution in [2.45, 2.75) is 45.6 Å². The van der Waals surface area contributed by atoms with Gasteiger partial charge in [-0.15, -0.1) is 0 Å². The van der Waals surface area contributed by atoms with Crippen LogP contribution >= 0.6 is 11.6 Å². The van der Waals surface area contributed by atoms with Gasteiger partial charge in [0.15, 0.2) is 0 Å². The van der Waals surface area contributed by atoms with Gasteiger partial charge < -0.3 is 10.1 Å². The molecule has 102 valence electrons. The molecule has 3 heteroatoms. The molecular formula is C15H24ClNO. The topological polar surface area (TPSA) is 21.3 Å². The zero-order valence-electron chi connectivity index (χ0n) is 12.0. The molecule has 1 rings (SSSR count). The lowest BCUT2D eigenvalue weighted by Gasteiger charge is -2.22. The highest BCUT2D eigenvalue weighted by Gasteiger charge is 2.12. The predicted molar refractivity (Wildman–Crippen MR) is 78.8 cm³/mol. The highest BCUT2D eigenvalue weighted by Crippen LogP contribution is 2.29. The number of halogens is 1. The van der Waals surface area contributed by atoms with Gasteiger partial charge in [-0.25, -0.2) is 0 Å². The van der Waals surface area contributed by atoms with Crippen molar-refractivity contribution in [1.29, 1.82) is 0 Å². The van der Waals surface area contributed by atoms with Crippen molar-refractivity contribution in [2.24, 2.45) is 0 Å². The molecule has 0 spiro atoms. The molecule has 0 aliphatic carbocycles. The highest BCUT2D eigenvalue weighted by molar-refractivity contribution is 6.32. The van der Waals surface area contributed by atoms with Gasteiger partial charge in [-0.05, 0) is 57.4 Å². The van der Waals surface area contributed by atoms with Crippen LogP contribution < -0.4 is 10.1 Å². The van der Waals surface area contributed by atoms with Gasteiger partial charge >= 0.3 is 0 Å². The smallest absolute Gasteiger partial charge is 0.137 e. The molecule has 0 bridgehead atoms. The van der Waals surface area contributed by atoms with Crippen LogP contribution in [0.3, 0.4) is 0 Å². The molecule has 1 aromatic carbocycles. The molecule has 0 aromatic heterocycles. The fraction of sp³-hybridized carbons (Fsp3) is 0.600. The van der Waals surface area contributed by atoms with Crippen LogP contribution in [0.15, 0.2) is 18.2 Å². The third kappa shape index (κ3) is 4.87. The van der Waals surface area contributed by atoms with Crippen LogP contribution in [0.2, 0.25) is 5.02 Å². The van der Waals surface area contributed by atoms with E-state index in [1.54, 1.807) is 7.11 Å². The summed E-state index contributed by atoms with van der Waals surface area (Å²) in [6.07, 6.45) is 1.10. The Hall–Kier alpha value is -0.730. The summed E-state index contributed by atoms with van der Waals surface area (Å²) in [5.74, 6) is 1.25. The molecular weight excluding hydrogens is 246 g/mol. The zero-order chi connectivity index (χ0) is 13.8. The van der Waals surface area contributed by atoms with E-state index < -0.39 is 0 Å². The Bertz CT molecular complexity index is 385. The van der Waals surface area contributed by atoms with Crippen LogP contribution in [0.25, 0.3) is 0 Å². The maximum atomic E-state index is 6.03. The second kappa shape index (κ2) is 6.44. The van der Waals surface area contributed by atoms with E-state index in [9.17, 15) is 0 Å². The molecule has 0 aliphatic rings. The number of methoxy groups -OCH3 is 1. The first-order valence-corrected chi connectivity index (χ1v) is 6.80. The van der Waals surface area contributed by atoms with Crippen LogP contribution in [-0.2, 0) is 0 Å². The van der Waals surface area contributed by atoms with Gasteiger partial charge in [0.1, 0.15) is 5.75 Å². The minimum atomic E-state index is 0.178. The molecule has 1 aromatic rings. The summed E-state index contributed by atoms with van der Waals surface area (Å²) in [6, 6.07) is 6.01. The largest absolute Gasteiger partial charge is 0.495 e. The van der Waals surface area contributed by atoms with Crippen molar-refractivity contribution in [3.63, 3.8) is 0 Å². The predicted octanol–water partition coefficient (Wildman–Crippen LogP) is 4.23. The quantitative estimate of drug-likeness (QED) is 0.864. The van der Waals surface area contributed by atoms with E-state index in [1.807, 2.05) is 12.1 Å². The van der Waals surface area contributed by atoms with E-state index in [-0.39, 0.29) is 5.54 Å². The maximum Gasteiger partial charge on any atom is 0.137 e. The van der Waals surface area contributed by atoms with Gasteiger partial charge in [-0.2, -0.15) is 0 Å². The lowest BCUT2D eigenvalue weighted by Crippen LogP contribution is -2.36. The molecule has 0 saturated heterocycles. The summed E-state index contributed by atoms with van der Waals surface area (Å²) in [5.41, 5.74) is 1.45. The summed E-state index contributed by atoms with van der Waals surface area (Å²) in [6.45, 7) is 9.79. The van der Waals surface area contributed by atoms with Crippen LogP contribution in [0.1, 0.15) is 45.6 Å². The Morgan fingerprint density at radius 2 is 2.00 bits per heavy atom. The average molecular weight is 270 g/mol. The molecule has 2 nitrogen and oxygen atoms in total. The molecule has 0 radical (unpaired) electrons. The van der Waals surface area contributed by atoms with E-state index in [4.69, 9.17) is 16.3 Å². The maximum absolute atomic E-state index is 6.03. The third-order valence-electron chi connectivity index (χ3n) is 2.98. The van der Waals surface area contributed by atoms with E-state index in [2.05, 4.69) is 39.1 Å². The second-order valence-corrected chi connectivity index (χ2v) is 6.17. The van der Waals surface area contributed by atoms with Gasteiger partial charge in [0.2, 0.25) is 0 Å². The summed E-state index contributed by atoms with van der Waals surface area (Å²) in [5, 5.41) is 4.17. The molecule has 0 amide bonds. The Labute approximate surface area is 116 Å². The number of nitrogens with one attached hydrogen (secondary N) is 1. The van der Waals surface area contributed by atoms with E-state index >= 15 is 0 Å². The van der Waals surface area contributed by atoms with Gasteiger partial charge in [-0.1, -0.05) is 24.6 Å². The van der Waals surface area contributed by atoms with Crippen LogP contribution in [-0.4, -0.2) is 19.2 Å². The Kier molecular flexibility index (Phi) is 5.48. The van der Waals surface area contributed by atoms with E-state index in [1.165, 1.54) is 5.56 Å². The molecule has 18 heavy (non-hydrogen) atoms. The number of rotatable bonds is 5. The summed E-state index contributed by atoms with van der Waals surface area (Å²) in [4.78, 5) is 0. The van der Waals surface area contributed by atoms with Crippen molar-refractivity contribution in [2.75, 3.05) is 13.7 Å². The van der Waals surface area contributed by atoms with Gasteiger partial charge in [-0.3, -0.25) is 0 Å². The standard InChI is InChI=1S/C15H24ClNO/c1-11(8-9-17-15(2,3)4)12-6-7-13(16)14(10-12)18-5/h6-7,10-11,17H,8-9H2,1-5H3. The number of hydrogen-bond acceptors (Lipinski definition) is 2. The van der Waals surface area contributed by atoms with Gasteiger partial charge in [0.05, 0.1) is 12.1 Å². The lowest BCUT2D eigenvalue weighted by atomic mass is 9.97. The van der Waals surface area contributed by atoms with Gasteiger partial charge in [0, 0.05) is 5.54 Å².